The van der Waals surface area contributed by atoms with E-state index in [2.05, 4.69) is 5.16 Å². The molecule has 0 saturated carbocycles. The number of rotatable bonds is 3. The first-order valence-corrected chi connectivity index (χ1v) is 6.22. The molecule has 1 heterocycles. The summed E-state index contributed by atoms with van der Waals surface area (Å²) in [5.41, 5.74) is 3.57. The molecule has 0 aliphatic rings. The van der Waals surface area contributed by atoms with E-state index >= 15 is 0 Å². The van der Waals surface area contributed by atoms with Crippen molar-refractivity contribution in [1.82, 2.24) is 10.1 Å². The van der Waals surface area contributed by atoms with Gasteiger partial charge in [0.1, 0.15) is 11.5 Å². The van der Waals surface area contributed by atoms with Crippen LogP contribution in [0, 0.1) is 20.8 Å². The van der Waals surface area contributed by atoms with Crippen molar-refractivity contribution >= 4 is 5.91 Å². The maximum Gasteiger partial charge on any atom is 0.254 e. The van der Waals surface area contributed by atoms with Crippen LogP contribution >= 0.6 is 0 Å². The Morgan fingerprint density at radius 1 is 1.26 bits per heavy atom. The number of aryl methyl sites for hydroxylation is 3. The molecule has 4 nitrogen and oxygen atoms in total. The topological polar surface area (TPSA) is 46.3 Å². The van der Waals surface area contributed by atoms with Crippen LogP contribution in [0.2, 0.25) is 0 Å². The lowest BCUT2D eigenvalue weighted by Crippen LogP contribution is -2.27. The van der Waals surface area contributed by atoms with E-state index in [1.807, 2.05) is 45.0 Å². The van der Waals surface area contributed by atoms with Gasteiger partial charge in [0.2, 0.25) is 0 Å². The number of benzene rings is 1. The minimum absolute atomic E-state index is 0.00172. The predicted octanol–water partition coefficient (Wildman–Crippen LogP) is 2.87. The van der Waals surface area contributed by atoms with E-state index in [-0.39, 0.29) is 5.91 Å². The van der Waals surface area contributed by atoms with Gasteiger partial charge in [0.15, 0.2) is 0 Å². The number of carbonyl (C=O) groups is 1. The molecule has 0 N–H and O–H groups in total. The van der Waals surface area contributed by atoms with Crippen LogP contribution in [0.5, 0.6) is 0 Å². The van der Waals surface area contributed by atoms with Crippen LogP contribution in [0.4, 0.5) is 0 Å². The van der Waals surface area contributed by atoms with Gasteiger partial charge in [0.05, 0.1) is 6.54 Å². The summed E-state index contributed by atoms with van der Waals surface area (Å²) in [4.78, 5) is 14.0. The molecule has 4 heteroatoms. The lowest BCUT2D eigenvalue weighted by Gasteiger charge is -2.17. The van der Waals surface area contributed by atoms with Crippen molar-refractivity contribution in [2.75, 3.05) is 7.05 Å². The molecule has 0 aliphatic carbocycles. The summed E-state index contributed by atoms with van der Waals surface area (Å²) in [6.45, 7) is 6.21. The van der Waals surface area contributed by atoms with E-state index in [9.17, 15) is 4.79 Å². The molecule has 0 spiro atoms. The van der Waals surface area contributed by atoms with Gasteiger partial charge in [0, 0.05) is 18.7 Å². The van der Waals surface area contributed by atoms with Gasteiger partial charge in [-0.25, -0.2) is 0 Å². The first-order chi connectivity index (χ1) is 8.97. The molecule has 1 aromatic heterocycles. The Morgan fingerprint density at radius 2 is 2.00 bits per heavy atom. The van der Waals surface area contributed by atoms with Crippen molar-refractivity contribution in [2.45, 2.75) is 27.3 Å². The fourth-order valence-corrected chi connectivity index (χ4v) is 1.98. The molecular weight excluding hydrogens is 240 g/mol. The third kappa shape index (κ3) is 3.02. The Kier molecular flexibility index (Phi) is 3.69. The quantitative estimate of drug-likeness (QED) is 0.850. The molecule has 0 atom stereocenters. The standard InChI is InChI=1S/C15H18N2O2/c1-10-5-6-11(2)14(7-10)15(18)17(4)9-13-8-12(3)19-16-13/h5-8H,9H2,1-4H3. The zero-order valence-electron chi connectivity index (χ0n) is 11.7. The highest BCUT2D eigenvalue weighted by Gasteiger charge is 2.15. The highest BCUT2D eigenvalue weighted by molar-refractivity contribution is 5.95. The van der Waals surface area contributed by atoms with Crippen LogP contribution in [-0.4, -0.2) is 23.0 Å². The van der Waals surface area contributed by atoms with Gasteiger partial charge in [-0.15, -0.1) is 0 Å². The smallest absolute Gasteiger partial charge is 0.254 e. The molecule has 2 aromatic rings. The van der Waals surface area contributed by atoms with E-state index in [1.165, 1.54) is 0 Å². The minimum atomic E-state index is 0.00172. The summed E-state index contributed by atoms with van der Waals surface area (Å²) < 4.78 is 5.01. The Bertz CT molecular complexity index is 602. The molecule has 0 fully saturated rings. The van der Waals surface area contributed by atoms with Crippen molar-refractivity contribution in [3.63, 3.8) is 0 Å². The Morgan fingerprint density at radius 3 is 2.63 bits per heavy atom. The average molecular weight is 258 g/mol. The zero-order chi connectivity index (χ0) is 14.0. The van der Waals surface area contributed by atoms with E-state index in [4.69, 9.17) is 4.52 Å². The zero-order valence-corrected chi connectivity index (χ0v) is 11.7. The van der Waals surface area contributed by atoms with Crippen LogP contribution in [-0.2, 0) is 6.54 Å². The molecular formula is C15H18N2O2. The van der Waals surface area contributed by atoms with Crippen molar-refractivity contribution in [3.05, 3.63) is 52.4 Å². The van der Waals surface area contributed by atoms with Crippen LogP contribution < -0.4 is 0 Å². The molecule has 1 aromatic carbocycles. The maximum absolute atomic E-state index is 12.4. The summed E-state index contributed by atoms with van der Waals surface area (Å²) in [6, 6.07) is 7.73. The predicted molar refractivity (Wildman–Crippen MR) is 73.0 cm³/mol. The second kappa shape index (κ2) is 5.26. The fourth-order valence-electron chi connectivity index (χ4n) is 1.98. The molecule has 19 heavy (non-hydrogen) atoms. The van der Waals surface area contributed by atoms with Crippen LogP contribution in [0.1, 0.15) is 32.9 Å². The molecule has 1 amide bonds. The van der Waals surface area contributed by atoms with Gasteiger partial charge in [-0.3, -0.25) is 4.79 Å². The Balaban J connectivity index is 2.16. The molecule has 0 radical (unpaired) electrons. The normalized spacial score (nSPS) is 10.5. The largest absolute Gasteiger partial charge is 0.361 e. The van der Waals surface area contributed by atoms with Crippen LogP contribution in [0.3, 0.4) is 0 Å². The third-order valence-corrected chi connectivity index (χ3v) is 3.05. The first kappa shape index (κ1) is 13.3. The SMILES string of the molecule is Cc1ccc(C)c(C(=O)N(C)Cc2cc(C)on2)c1. The molecule has 0 bridgehead atoms. The highest BCUT2D eigenvalue weighted by Crippen LogP contribution is 2.14. The van der Waals surface area contributed by atoms with Gasteiger partial charge >= 0.3 is 0 Å². The maximum atomic E-state index is 12.4. The summed E-state index contributed by atoms with van der Waals surface area (Å²) in [7, 11) is 1.77. The minimum Gasteiger partial charge on any atom is -0.361 e. The Labute approximate surface area is 113 Å². The fraction of sp³-hybridized carbons (Fsp3) is 0.333. The highest BCUT2D eigenvalue weighted by atomic mass is 16.5. The summed E-state index contributed by atoms with van der Waals surface area (Å²) in [6.07, 6.45) is 0. The summed E-state index contributed by atoms with van der Waals surface area (Å²) >= 11 is 0. The lowest BCUT2D eigenvalue weighted by molar-refractivity contribution is 0.0781. The number of hydrogen-bond acceptors (Lipinski definition) is 3. The molecule has 2 rings (SSSR count). The molecule has 100 valence electrons. The van der Waals surface area contributed by atoms with Gasteiger partial charge in [-0.2, -0.15) is 0 Å². The second-order valence-corrected chi connectivity index (χ2v) is 4.91. The van der Waals surface area contributed by atoms with Crippen molar-refractivity contribution in [1.29, 1.82) is 0 Å². The van der Waals surface area contributed by atoms with Gasteiger partial charge in [-0.1, -0.05) is 22.9 Å². The Hall–Kier alpha value is -2.10. The van der Waals surface area contributed by atoms with Crippen LogP contribution in [0.15, 0.2) is 28.8 Å². The number of hydrogen-bond donors (Lipinski definition) is 0. The van der Waals surface area contributed by atoms with Gasteiger partial charge in [-0.05, 0) is 32.4 Å². The average Bonchev–Trinajstić information content (AvgIpc) is 2.77. The number of aromatic nitrogens is 1. The summed E-state index contributed by atoms with van der Waals surface area (Å²) in [5, 5.41) is 3.90. The van der Waals surface area contributed by atoms with E-state index in [0.29, 0.717) is 6.54 Å². The monoisotopic (exact) mass is 258 g/mol. The molecule has 0 saturated heterocycles. The number of amides is 1. The number of nitrogens with zero attached hydrogens (tertiary/aromatic N) is 2. The molecule has 0 unspecified atom stereocenters. The van der Waals surface area contributed by atoms with E-state index < -0.39 is 0 Å². The number of carbonyl (C=O) groups excluding carboxylic acids is 1. The van der Waals surface area contributed by atoms with Crippen LogP contribution in [0.25, 0.3) is 0 Å². The van der Waals surface area contributed by atoms with Crippen molar-refractivity contribution < 1.29 is 9.32 Å². The van der Waals surface area contributed by atoms with E-state index in [1.54, 1.807) is 11.9 Å². The van der Waals surface area contributed by atoms with Gasteiger partial charge < -0.3 is 9.42 Å². The third-order valence-electron chi connectivity index (χ3n) is 3.05. The first-order valence-electron chi connectivity index (χ1n) is 6.22. The van der Waals surface area contributed by atoms with Crippen molar-refractivity contribution in [3.8, 4) is 0 Å². The second-order valence-electron chi connectivity index (χ2n) is 4.91. The summed E-state index contributed by atoms with van der Waals surface area (Å²) in [5.74, 6) is 0.754. The van der Waals surface area contributed by atoms with Gasteiger partial charge in [0.25, 0.3) is 5.91 Å². The van der Waals surface area contributed by atoms with E-state index in [0.717, 1.165) is 28.1 Å². The lowest BCUT2D eigenvalue weighted by atomic mass is 10.0. The van der Waals surface area contributed by atoms with Crippen molar-refractivity contribution in [2.24, 2.45) is 0 Å². The molecule has 0 aliphatic heterocycles.